The van der Waals surface area contributed by atoms with Crippen molar-refractivity contribution in [3.05, 3.63) is 77.9 Å². The molecule has 0 saturated carbocycles. The molecule has 3 aromatic rings. The van der Waals surface area contributed by atoms with E-state index in [4.69, 9.17) is 4.74 Å². The maximum Gasteiger partial charge on any atom is 0.255 e. The second kappa shape index (κ2) is 8.48. The smallest absolute Gasteiger partial charge is 0.255 e. The molecule has 5 nitrogen and oxygen atoms in total. The maximum atomic E-state index is 13.6. The predicted octanol–water partition coefficient (Wildman–Crippen LogP) is 4.07. The van der Waals surface area contributed by atoms with Crippen molar-refractivity contribution < 1.29 is 17.9 Å². The molecule has 1 atom stereocenters. The van der Waals surface area contributed by atoms with Crippen LogP contribution in [0.2, 0.25) is 0 Å². The molecule has 4 rings (SSSR count). The second-order valence-electron chi connectivity index (χ2n) is 7.59. The molecule has 1 heterocycles. The highest BCUT2D eigenvalue weighted by molar-refractivity contribution is 7.91. The van der Waals surface area contributed by atoms with Crippen molar-refractivity contribution in [1.29, 1.82) is 0 Å². The van der Waals surface area contributed by atoms with Gasteiger partial charge in [0.25, 0.3) is 5.91 Å². The van der Waals surface area contributed by atoms with Gasteiger partial charge in [0.2, 0.25) is 0 Å². The van der Waals surface area contributed by atoms with Crippen molar-refractivity contribution >= 4 is 26.5 Å². The first-order valence-electron chi connectivity index (χ1n) is 10.2. The second-order valence-corrected chi connectivity index (χ2v) is 9.82. The van der Waals surface area contributed by atoms with Crippen molar-refractivity contribution in [3.63, 3.8) is 0 Å². The molecule has 0 spiro atoms. The van der Waals surface area contributed by atoms with Crippen LogP contribution in [0.4, 0.5) is 0 Å². The molecule has 30 heavy (non-hydrogen) atoms. The zero-order chi connectivity index (χ0) is 21.1. The van der Waals surface area contributed by atoms with Crippen LogP contribution in [-0.2, 0) is 16.4 Å². The van der Waals surface area contributed by atoms with E-state index in [9.17, 15) is 13.2 Å². The molecule has 1 saturated heterocycles. The van der Waals surface area contributed by atoms with Gasteiger partial charge >= 0.3 is 0 Å². The standard InChI is InChI=1S/C24H25NO4S/c1-2-29-21-12-10-18(11-13-21)16-25(20-14-15-30(27,28)17-20)24(26)23-9-5-7-19-6-3-4-8-22(19)23/h3-13,20H,2,14-17H2,1H3/t20-/m0/s1. The highest BCUT2D eigenvalue weighted by Crippen LogP contribution is 2.26. The summed E-state index contributed by atoms with van der Waals surface area (Å²) in [4.78, 5) is 15.4. The molecule has 1 amide bonds. The summed E-state index contributed by atoms with van der Waals surface area (Å²) in [6, 6.07) is 20.7. The van der Waals surface area contributed by atoms with E-state index >= 15 is 0 Å². The van der Waals surface area contributed by atoms with Crippen LogP contribution >= 0.6 is 0 Å². The van der Waals surface area contributed by atoms with E-state index in [1.165, 1.54) is 0 Å². The molecule has 0 N–H and O–H groups in total. The van der Waals surface area contributed by atoms with E-state index in [1.807, 2.05) is 73.7 Å². The molecule has 1 aliphatic rings. The third kappa shape index (κ3) is 4.33. The molecule has 1 aliphatic heterocycles. The summed E-state index contributed by atoms with van der Waals surface area (Å²) in [7, 11) is -3.12. The summed E-state index contributed by atoms with van der Waals surface area (Å²) in [5.41, 5.74) is 1.54. The number of nitrogens with zero attached hydrogens (tertiary/aromatic N) is 1. The topological polar surface area (TPSA) is 63.7 Å². The molecule has 3 aromatic carbocycles. The van der Waals surface area contributed by atoms with E-state index in [1.54, 1.807) is 4.90 Å². The minimum Gasteiger partial charge on any atom is -0.494 e. The van der Waals surface area contributed by atoms with Gasteiger partial charge in [0.1, 0.15) is 5.75 Å². The van der Waals surface area contributed by atoms with Crippen LogP contribution in [0.25, 0.3) is 10.8 Å². The Labute approximate surface area is 177 Å². The Morgan fingerprint density at radius 3 is 2.47 bits per heavy atom. The van der Waals surface area contributed by atoms with Crippen molar-refractivity contribution in [2.45, 2.75) is 25.9 Å². The molecule has 0 radical (unpaired) electrons. The maximum absolute atomic E-state index is 13.6. The van der Waals surface area contributed by atoms with Crippen LogP contribution in [0, 0.1) is 0 Å². The molecular formula is C24H25NO4S. The number of benzene rings is 3. The summed E-state index contributed by atoms with van der Waals surface area (Å²) in [6.07, 6.45) is 0.468. The Kier molecular flexibility index (Phi) is 5.77. The lowest BCUT2D eigenvalue weighted by Gasteiger charge is -2.29. The van der Waals surface area contributed by atoms with Gasteiger partial charge in [0, 0.05) is 18.2 Å². The minimum atomic E-state index is -3.12. The predicted molar refractivity (Wildman–Crippen MR) is 118 cm³/mol. The van der Waals surface area contributed by atoms with Crippen molar-refractivity contribution in [1.82, 2.24) is 4.90 Å². The van der Waals surface area contributed by atoms with E-state index in [-0.39, 0.29) is 23.5 Å². The van der Waals surface area contributed by atoms with Crippen LogP contribution in [0.5, 0.6) is 5.75 Å². The average molecular weight is 424 g/mol. The number of fused-ring (bicyclic) bond motifs is 1. The zero-order valence-corrected chi connectivity index (χ0v) is 17.8. The lowest BCUT2D eigenvalue weighted by atomic mass is 10.0. The quantitative estimate of drug-likeness (QED) is 0.600. The first-order chi connectivity index (χ1) is 14.5. The normalized spacial score (nSPS) is 17.7. The summed E-state index contributed by atoms with van der Waals surface area (Å²) < 4.78 is 29.8. The van der Waals surface area contributed by atoms with E-state index in [0.717, 1.165) is 22.1 Å². The SMILES string of the molecule is CCOc1ccc(CN(C(=O)c2cccc3ccccc23)[C@H]2CCS(=O)(=O)C2)cc1. The number of amides is 1. The third-order valence-electron chi connectivity index (χ3n) is 5.52. The molecule has 0 aromatic heterocycles. The van der Waals surface area contributed by atoms with Gasteiger partial charge in [-0.05, 0) is 47.9 Å². The van der Waals surface area contributed by atoms with Gasteiger partial charge in [-0.2, -0.15) is 0 Å². The molecule has 0 aliphatic carbocycles. The number of sulfone groups is 1. The van der Waals surface area contributed by atoms with Gasteiger partial charge in [-0.25, -0.2) is 8.42 Å². The van der Waals surface area contributed by atoms with Crippen LogP contribution in [0.3, 0.4) is 0 Å². The highest BCUT2D eigenvalue weighted by atomic mass is 32.2. The monoisotopic (exact) mass is 423 g/mol. The Morgan fingerprint density at radius 2 is 1.77 bits per heavy atom. The highest BCUT2D eigenvalue weighted by Gasteiger charge is 2.35. The number of hydrogen-bond donors (Lipinski definition) is 0. The summed E-state index contributed by atoms with van der Waals surface area (Å²) in [5.74, 6) is 0.778. The van der Waals surface area contributed by atoms with E-state index < -0.39 is 9.84 Å². The van der Waals surface area contributed by atoms with Gasteiger partial charge < -0.3 is 9.64 Å². The Balaban J connectivity index is 1.68. The average Bonchev–Trinajstić information content (AvgIpc) is 3.12. The molecular weight excluding hydrogens is 398 g/mol. The van der Waals surface area contributed by atoms with Crippen LogP contribution in [0.1, 0.15) is 29.3 Å². The van der Waals surface area contributed by atoms with Gasteiger partial charge in [0.15, 0.2) is 9.84 Å². The van der Waals surface area contributed by atoms with Crippen LogP contribution in [-0.4, -0.2) is 43.4 Å². The molecule has 0 unspecified atom stereocenters. The fourth-order valence-electron chi connectivity index (χ4n) is 4.01. The number of carbonyl (C=O) groups excluding carboxylic acids is 1. The number of carbonyl (C=O) groups is 1. The van der Waals surface area contributed by atoms with E-state index in [2.05, 4.69) is 0 Å². The molecule has 1 fully saturated rings. The van der Waals surface area contributed by atoms with Crippen LogP contribution < -0.4 is 4.74 Å². The Hall–Kier alpha value is -2.86. The van der Waals surface area contributed by atoms with Crippen LogP contribution in [0.15, 0.2) is 66.7 Å². The van der Waals surface area contributed by atoms with Gasteiger partial charge in [-0.1, -0.05) is 48.5 Å². The van der Waals surface area contributed by atoms with Gasteiger partial charge in [-0.3, -0.25) is 4.79 Å². The molecule has 156 valence electrons. The fraction of sp³-hybridized carbons (Fsp3) is 0.292. The first kappa shape index (κ1) is 20.4. The minimum absolute atomic E-state index is 0.0144. The lowest BCUT2D eigenvalue weighted by molar-refractivity contribution is 0.0683. The fourth-order valence-corrected chi connectivity index (χ4v) is 5.74. The number of ether oxygens (including phenoxy) is 1. The van der Waals surface area contributed by atoms with Crippen molar-refractivity contribution in [2.24, 2.45) is 0 Å². The summed E-state index contributed by atoms with van der Waals surface area (Å²) in [5, 5.41) is 1.87. The zero-order valence-electron chi connectivity index (χ0n) is 17.0. The van der Waals surface area contributed by atoms with Crippen molar-refractivity contribution in [2.75, 3.05) is 18.1 Å². The summed E-state index contributed by atoms with van der Waals surface area (Å²) in [6.45, 7) is 2.87. The van der Waals surface area contributed by atoms with Crippen molar-refractivity contribution in [3.8, 4) is 5.75 Å². The number of hydrogen-bond acceptors (Lipinski definition) is 4. The summed E-state index contributed by atoms with van der Waals surface area (Å²) >= 11 is 0. The Bertz CT molecular complexity index is 1150. The third-order valence-corrected chi connectivity index (χ3v) is 7.27. The molecule has 6 heteroatoms. The van der Waals surface area contributed by atoms with Gasteiger partial charge in [-0.15, -0.1) is 0 Å². The lowest BCUT2D eigenvalue weighted by Crippen LogP contribution is -2.40. The van der Waals surface area contributed by atoms with E-state index in [0.29, 0.717) is 25.1 Å². The largest absolute Gasteiger partial charge is 0.494 e. The van der Waals surface area contributed by atoms with Gasteiger partial charge in [0.05, 0.1) is 18.1 Å². The molecule has 0 bridgehead atoms. The Morgan fingerprint density at radius 1 is 1.03 bits per heavy atom. The first-order valence-corrected chi connectivity index (χ1v) is 12.0. The number of rotatable bonds is 6.